The van der Waals surface area contributed by atoms with Crippen LogP contribution in [0.3, 0.4) is 0 Å². The Bertz CT molecular complexity index is 654. The first kappa shape index (κ1) is 13.8. The fraction of sp³-hybridized carbons (Fsp3) is 0.278. The number of nitrogens with zero attached hydrogens (tertiary/aromatic N) is 1. The molecule has 0 amide bonds. The molecular formula is C18H18FNO. The Balaban J connectivity index is 1.93. The quantitative estimate of drug-likeness (QED) is 0.784. The summed E-state index contributed by atoms with van der Waals surface area (Å²) in [6.45, 7) is 3.04. The second-order valence-electron chi connectivity index (χ2n) is 5.45. The molecule has 0 N–H and O–H groups in total. The Labute approximate surface area is 124 Å². The van der Waals surface area contributed by atoms with E-state index in [2.05, 4.69) is 29.2 Å². The van der Waals surface area contributed by atoms with Gasteiger partial charge in [0.15, 0.2) is 5.78 Å². The van der Waals surface area contributed by atoms with Crippen molar-refractivity contribution in [2.24, 2.45) is 0 Å². The van der Waals surface area contributed by atoms with Gasteiger partial charge in [-0.25, -0.2) is 4.39 Å². The van der Waals surface area contributed by atoms with E-state index < -0.39 is 5.82 Å². The molecule has 0 spiro atoms. The number of ketones is 1. The third-order valence-corrected chi connectivity index (χ3v) is 4.10. The first-order valence-electron chi connectivity index (χ1n) is 7.28. The van der Waals surface area contributed by atoms with Crippen LogP contribution in [0.4, 0.5) is 10.1 Å². The van der Waals surface area contributed by atoms with E-state index in [4.69, 9.17) is 0 Å². The smallest absolute Gasteiger partial charge is 0.164 e. The lowest BCUT2D eigenvalue weighted by molar-refractivity contribution is 0.101. The zero-order chi connectivity index (χ0) is 14.8. The van der Waals surface area contributed by atoms with Gasteiger partial charge < -0.3 is 4.90 Å². The number of hydrogen-bond acceptors (Lipinski definition) is 2. The van der Waals surface area contributed by atoms with Crippen molar-refractivity contribution in [3.63, 3.8) is 0 Å². The fourth-order valence-electron chi connectivity index (χ4n) is 3.03. The highest BCUT2D eigenvalue weighted by molar-refractivity contribution is 6.00. The first-order chi connectivity index (χ1) is 10.2. The third-order valence-electron chi connectivity index (χ3n) is 4.10. The second-order valence-corrected chi connectivity index (χ2v) is 5.45. The highest BCUT2D eigenvalue weighted by Crippen LogP contribution is 2.26. The molecule has 2 aromatic rings. The molecule has 3 heteroatoms. The van der Waals surface area contributed by atoms with Crippen molar-refractivity contribution >= 4 is 11.5 Å². The highest BCUT2D eigenvalue weighted by atomic mass is 19.1. The zero-order valence-corrected chi connectivity index (χ0v) is 12.1. The minimum Gasteiger partial charge on any atom is -0.370 e. The predicted octanol–water partition coefficient (Wildman–Crippen LogP) is 3.63. The monoisotopic (exact) mass is 283 g/mol. The largest absolute Gasteiger partial charge is 0.370 e. The van der Waals surface area contributed by atoms with Crippen molar-refractivity contribution in [1.82, 2.24) is 0 Å². The van der Waals surface area contributed by atoms with Gasteiger partial charge in [-0.1, -0.05) is 30.3 Å². The topological polar surface area (TPSA) is 20.3 Å². The van der Waals surface area contributed by atoms with Crippen LogP contribution in [-0.4, -0.2) is 18.9 Å². The zero-order valence-electron chi connectivity index (χ0n) is 12.1. The Morgan fingerprint density at radius 3 is 2.19 bits per heavy atom. The van der Waals surface area contributed by atoms with E-state index in [9.17, 15) is 9.18 Å². The van der Waals surface area contributed by atoms with Gasteiger partial charge in [-0.3, -0.25) is 4.79 Å². The molecule has 0 aliphatic carbocycles. The van der Waals surface area contributed by atoms with Gasteiger partial charge in [0.25, 0.3) is 0 Å². The summed E-state index contributed by atoms with van der Waals surface area (Å²) in [5.41, 5.74) is 3.63. The van der Waals surface area contributed by atoms with Crippen LogP contribution >= 0.6 is 0 Å². The average Bonchev–Trinajstić information content (AvgIpc) is 2.69. The van der Waals surface area contributed by atoms with Gasteiger partial charge in [0, 0.05) is 13.1 Å². The maximum absolute atomic E-state index is 14.0. The second kappa shape index (κ2) is 5.68. The number of rotatable bonds is 2. The number of anilines is 1. The maximum atomic E-state index is 14.0. The normalized spacial score (nSPS) is 14.5. The van der Waals surface area contributed by atoms with Crippen LogP contribution in [0.2, 0.25) is 0 Å². The molecular weight excluding hydrogens is 265 g/mol. The van der Waals surface area contributed by atoms with E-state index >= 15 is 0 Å². The van der Waals surface area contributed by atoms with E-state index in [0.29, 0.717) is 0 Å². The third kappa shape index (κ3) is 2.68. The maximum Gasteiger partial charge on any atom is 0.164 e. The van der Waals surface area contributed by atoms with Crippen molar-refractivity contribution in [3.05, 3.63) is 65.0 Å². The molecule has 21 heavy (non-hydrogen) atoms. The number of carbonyl (C=O) groups excluding carboxylic acids is 1. The molecule has 0 aromatic heterocycles. The van der Waals surface area contributed by atoms with Gasteiger partial charge in [0.05, 0.1) is 11.3 Å². The Hall–Kier alpha value is -2.16. The summed E-state index contributed by atoms with van der Waals surface area (Å²) in [5, 5.41) is 0. The molecule has 108 valence electrons. The highest BCUT2D eigenvalue weighted by Gasteiger charge is 2.20. The standard InChI is InChI=1S/C18H18FNO/c1-13(21)18-16(19)7-4-8-17(18)20-11-9-14-5-2-3-6-15(14)10-12-20/h2-8H,9-12H2,1H3. The van der Waals surface area contributed by atoms with Crippen LogP contribution in [0.25, 0.3) is 0 Å². The number of carbonyl (C=O) groups is 1. The number of hydrogen-bond donors (Lipinski definition) is 0. The van der Waals surface area contributed by atoms with Gasteiger partial charge in [-0.15, -0.1) is 0 Å². The van der Waals surface area contributed by atoms with Crippen molar-refractivity contribution in [2.75, 3.05) is 18.0 Å². The van der Waals surface area contributed by atoms with E-state index in [1.165, 1.54) is 24.1 Å². The van der Waals surface area contributed by atoms with Crippen molar-refractivity contribution in [2.45, 2.75) is 19.8 Å². The fourth-order valence-corrected chi connectivity index (χ4v) is 3.03. The molecule has 0 saturated carbocycles. The molecule has 0 atom stereocenters. The molecule has 2 nitrogen and oxygen atoms in total. The van der Waals surface area contributed by atoms with Gasteiger partial charge >= 0.3 is 0 Å². The molecule has 0 bridgehead atoms. The number of benzene rings is 2. The lowest BCUT2D eigenvalue weighted by Gasteiger charge is -2.25. The molecule has 0 radical (unpaired) electrons. The average molecular weight is 283 g/mol. The molecule has 3 rings (SSSR count). The van der Waals surface area contributed by atoms with Gasteiger partial charge in [0.2, 0.25) is 0 Å². The lowest BCUT2D eigenvalue weighted by atomic mass is 10.0. The Morgan fingerprint density at radius 2 is 1.62 bits per heavy atom. The molecule has 1 aliphatic heterocycles. The minimum absolute atomic E-state index is 0.212. The summed E-state index contributed by atoms with van der Waals surface area (Å²) in [5.74, 6) is -0.647. The van der Waals surface area contributed by atoms with Crippen LogP contribution in [0, 0.1) is 5.82 Å². The number of Topliss-reactive ketones (excluding diaryl/α,β-unsaturated/α-hetero) is 1. The predicted molar refractivity (Wildman–Crippen MR) is 82.5 cm³/mol. The first-order valence-corrected chi connectivity index (χ1v) is 7.28. The molecule has 0 saturated heterocycles. The van der Waals surface area contributed by atoms with E-state index in [0.717, 1.165) is 31.6 Å². The molecule has 1 aliphatic rings. The van der Waals surface area contributed by atoms with E-state index in [1.807, 2.05) is 6.07 Å². The summed E-state index contributed by atoms with van der Waals surface area (Å²) in [4.78, 5) is 13.9. The molecule has 2 aromatic carbocycles. The Kier molecular flexibility index (Phi) is 3.74. The van der Waals surface area contributed by atoms with Gasteiger partial charge in [-0.05, 0) is 43.0 Å². The van der Waals surface area contributed by atoms with Crippen molar-refractivity contribution < 1.29 is 9.18 Å². The van der Waals surface area contributed by atoms with Gasteiger partial charge in [0.1, 0.15) is 5.82 Å². The van der Waals surface area contributed by atoms with E-state index in [-0.39, 0.29) is 11.3 Å². The summed E-state index contributed by atoms with van der Waals surface area (Å²) >= 11 is 0. The number of halogens is 1. The molecule has 0 unspecified atom stereocenters. The summed E-state index contributed by atoms with van der Waals surface area (Å²) in [7, 11) is 0. The van der Waals surface area contributed by atoms with Crippen molar-refractivity contribution in [3.8, 4) is 0 Å². The Morgan fingerprint density at radius 1 is 1.00 bits per heavy atom. The van der Waals surface area contributed by atoms with Crippen LogP contribution in [0.5, 0.6) is 0 Å². The van der Waals surface area contributed by atoms with Crippen molar-refractivity contribution in [1.29, 1.82) is 0 Å². The summed E-state index contributed by atoms with van der Waals surface area (Å²) < 4.78 is 14.0. The minimum atomic E-state index is -0.429. The molecule has 0 fully saturated rings. The van der Waals surface area contributed by atoms with Crippen LogP contribution in [0.1, 0.15) is 28.4 Å². The van der Waals surface area contributed by atoms with Crippen LogP contribution in [-0.2, 0) is 12.8 Å². The van der Waals surface area contributed by atoms with E-state index in [1.54, 1.807) is 6.07 Å². The molecule has 1 heterocycles. The SMILES string of the molecule is CC(=O)c1c(F)cccc1N1CCc2ccccc2CC1. The van der Waals surface area contributed by atoms with Crippen LogP contribution in [0.15, 0.2) is 42.5 Å². The lowest BCUT2D eigenvalue weighted by Crippen LogP contribution is -2.28. The number of fused-ring (bicyclic) bond motifs is 1. The van der Waals surface area contributed by atoms with Gasteiger partial charge in [-0.2, -0.15) is 0 Å². The summed E-state index contributed by atoms with van der Waals surface area (Å²) in [6, 6.07) is 13.3. The van der Waals surface area contributed by atoms with Crippen LogP contribution < -0.4 is 4.90 Å². The summed E-state index contributed by atoms with van der Waals surface area (Å²) in [6.07, 6.45) is 1.84.